The molecule has 2 aromatic rings. The first-order chi connectivity index (χ1) is 10.1. The van der Waals surface area contributed by atoms with Crippen molar-refractivity contribution in [3.05, 3.63) is 69.2 Å². The van der Waals surface area contributed by atoms with Crippen molar-refractivity contribution in [3.63, 3.8) is 0 Å². The normalized spacial score (nSPS) is 10.4. The van der Waals surface area contributed by atoms with Gasteiger partial charge in [0.2, 0.25) is 0 Å². The summed E-state index contributed by atoms with van der Waals surface area (Å²) in [6, 6.07) is 13.6. The van der Waals surface area contributed by atoms with Crippen molar-refractivity contribution in [3.8, 4) is 0 Å². The molecule has 0 unspecified atom stereocenters. The van der Waals surface area contributed by atoms with E-state index in [4.69, 9.17) is 4.74 Å². The fraction of sp³-hybridized carbons (Fsp3) is 0.235. The van der Waals surface area contributed by atoms with Crippen LogP contribution in [0.3, 0.4) is 0 Å². The van der Waals surface area contributed by atoms with E-state index in [9.17, 15) is 4.79 Å². The lowest BCUT2D eigenvalue weighted by atomic mass is 10.1. The Balaban J connectivity index is 2.00. The van der Waals surface area contributed by atoms with E-state index in [1.54, 1.807) is 7.11 Å². The van der Waals surface area contributed by atoms with Crippen LogP contribution in [0.5, 0.6) is 0 Å². The molecule has 110 valence electrons. The van der Waals surface area contributed by atoms with Gasteiger partial charge in [0.25, 0.3) is 5.91 Å². The Bertz CT molecular complexity index is 640. The molecule has 2 aromatic carbocycles. The van der Waals surface area contributed by atoms with Gasteiger partial charge in [-0.3, -0.25) is 4.79 Å². The number of carbonyl (C=O) groups excluding carboxylic acids is 1. The molecular weight excluding hydrogens is 330 g/mol. The second-order valence-electron chi connectivity index (χ2n) is 4.90. The van der Waals surface area contributed by atoms with Crippen LogP contribution in [0.1, 0.15) is 27.0 Å². The molecule has 0 atom stereocenters. The largest absolute Gasteiger partial charge is 0.380 e. The van der Waals surface area contributed by atoms with Crippen LogP contribution in [-0.4, -0.2) is 13.0 Å². The van der Waals surface area contributed by atoms with Gasteiger partial charge in [-0.2, -0.15) is 0 Å². The molecule has 3 nitrogen and oxygen atoms in total. The molecule has 0 aliphatic carbocycles. The van der Waals surface area contributed by atoms with Crippen LogP contribution in [-0.2, 0) is 17.9 Å². The average Bonchev–Trinajstić information content (AvgIpc) is 2.48. The van der Waals surface area contributed by atoms with E-state index in [0.717, 1.165) is 21.2 Å². The summed E-state index contributed by atoms with van der Waals surface area (Å²) in [6.07, 6.45) is 0. The Labute approximate surface area is 133 Å². The molecule has 2 rings (SSSR count). The van der Waals surface area contributed by atoms with Crippen molar-refractivity contribution >= 4 is 21.8 Å². The molecule has 0 bridgehead atoms. The topological polar surface area (TPSA) is 38.3 Å². The first-order valence-electron chi connectivity index (χ1n) is 6.71. The van der Waals surface area contributed by atoms with Gasteiger partial charge >= 0.3 is 0 Å². The van der Waals surface area contributed by atoms with E-state index in [1.165, 1.54) is 0 Å². The molecule has 0 radical (unpaired) electrons. The Morgan fingerprint density at radius 1 is 1.19 bits per heavy atom. The number of aryl methyl sites for hydroxylation is 1. The van der Waals surface area contributed by atoms with Crippen LogP contribution in [0, 0.1) is 6.92 Å². The maximum absolute atomic E-state index is 12.1. The SMILES string of the molecule is COCc1cccc(CNC(=O)c2ccc(C)c(Br)c2)c1. The van der Waals surface area contributed by atoms with Crippen molar-refractivity contribution in [1.29, 1.82) is 0 Å². The third-order valence-electron chi connectivity index (χ3n) is 3.19. The number of rotatable bonds is 5. The molecule has 21 heavy (non-hydrogen) atoms. The lowest BCUT2D eigenvalue weighted by molar-refractivity contribution is 0.0951. The number of hydrogen-bond acceptors (Lipinski definition) is 2. The van der Waals surface area contributed by atoms with Gasteiger partial charge < -0.3 is 10.1 Å². The Kier molecular flexibility index (Phi) is 5.53. The maximum Gasteiger partial charge on any atom is 0.251 e. The van der Waals surface area contributed by atoms with Gasteiger partial charge in [-0.1, -0.05) is 46.3 Å². The zero-order valence-electron chi connectivity index (χ0n) is 12.2. The highest BCUT2D eigenvalue weighted by Gasteiger charge is 2.07. The highest BCUT2D eigenvalue weighted by molar-refractivity contribution is 9.10. The maximum atomic E-state index is 12.1. The quantitative estimate of drug-likeness (QED) is 0.892. The van der Waals surface area contributed by atoms with Gasteiger partial charge in [-0.15, -0.1) is 0 Å². The number of halogens is 1. The number of carbonyl (C=O) groups is 1. The van der Waals surface area contributed by atoms with Gasteiger partial charge in [-0.05, 0) is 35.7 Å². The molecule has 0 saturated heterocycles. The van der Waals surface area contributed by atoms with Gasteiger partial charge in [0.15, 0.2) is 0 Å². The fourth-order valence-electron chi connectivity index (χ4n) is 2.01. The van der Waals surface area contributed by atoms with Crippen molar-refractivity contribution in [2.45, 2.75) is 20.1 Å². The molecule has 0 aliphatic heterocycles. The summed E-state index contributed by atoms with van der Waals surface area (Å²) in [5.74, 6) is -0.0761. The van der Waals surface area contributed by atoms with Crippen LogP contribution < -0.4 is 5.32 Å². The minimum atomic E-state index is -0.0761. The molecule has 4 heteroatoms. The van der Waals surface area contributed by atoms with Gasteiger partial charge in [0.05, 0.1) is 6.61 Å². The summed E-state index contributed by atoms with van der Waals surface area (Å²) in [4.78, 5) is 12.1. The van der Waals surface area contributed by atoms with Gasteiger partial charge in [-0.25, -0.2) is 0 Å². The first kappa shape index (κ1) is 15.7. The van der Waals surface area contributed by atoms with Crippen LogP contribution in [0.4, 0.5) is 0 Å². The molecule has 0 aliphatic rings. The predicted molar refractivity (Wildman–Crippen MR) is 87.2 cm³/mol. The van der Waals surface area contributed by atoms with Crippen LogP contribution in [0.25, 0.3) is 0 Å². The summed E-state index contributed by atoms with van der Waals surface area (Å²) < 4.78 is 6.05. The highest BCUT2D eigenvalue weighted by Crippen LogP contribution is 2.17. The Hall–Kier alpha value is -1.65. The average molecular weight is 348 g/mol. The lowest BCUT2D eigenvalue weighted by Gasteiger charge is -2.08. The van der Waals surface area contributed by atoms with Crippen molar-refractivity contribution in [2.75, 3.05) is 7.11 Å². The van der Waals surface area contributed by atoms with Gasteiger partial charge in [0, 0.05) is 23.7 Å². The molecule has 0 saturated carbocycles. The summed E-state index contributed by atoms with van der Waals surface area (Å²) in [5, 5.41) is 2.93. The summed E-state index contributed by atoms with van der Waals surface area (Å²) >= 11 is 3.44. The smallest absolute Gasteiger partial charge is 0.251 e. The lowest BCUT2D eigenvalue weighted by Crippen LogP contribution is -2.22. The van der Waals surface area contributed by atoms with E-state index in [1.807, 2.05) is 49.4 Å². The van der Waals surface area contributed by atoms with Crippen molar-refractivity contribution in [1.82, 2.24) is 5.32 Å². The second kappa shape index (κ2) is 7.38. The van der Waals surface area contributed by atoms with Crippen molar-refractivity contribution in [2.24, 2.45) is 0 Å². The zero-order valence-corrected chi connectivity index (χ0v) is 13.7. The Morgan fingerprint density at radius 3 is 2.67 bits per heavy atom. The van der Waals surface area contributed by atoms with Crippen molar-refractivity contribution < 1.29 is 9.53 Å². The number of benzene rings is 2. The third kappa shape index (κ3) is 4.41. The first-order valence-corrected chi connectivity index (χ1v) is 7.50. The fourth-order valence-corrected chi connectivity index (χ4v) is 2.39. The van der Waals surface area contributed by atoms with Crippen LogP contribution in [0.2, 0.25) is 0 Å². The van der Waals surface area contributed by atoms with E-state index in [0.29, 0.717) is 18.7 Å². The summed E-state index contributed by atoms with van der Waals surface area (Å²) in [6.45, 7) is 3.07. The van der Waals surface area contributed by atoms with E-state index >= 15 is 0 Å². The van der Waals surface area contributed by atoms with Crippen LogP contribution in [0.15, 0.2) is 46.9 Å². The molecule has 0 spiro atoms. The van der Waals surface area contributed by atoms with E-state index in [-0.39, 0.29) is 5.91 Å². The molecule has 0 fully saturated rings. The number of amides is 1. The molecule has 0 heterocycles. The number of hydrogen-bond donors (Lipinski definition) is 1. The standard InChI is InChI=1S/C17H18BrNO2/c1-12-6-7-15(9-16(12)18)17(20)19-10-13-4-3-5-14(8-13)11-21-2/h3-9H,10-11H2,1-2H3,(H,19,20). The molecule has 1 N–H and O–H groups in total. The molecular formula is C17H18BrNO2. The van der Waals surface area contributed by atoms with Crippen LogP contribution >= 0.6 is 15.9 Å². The zero-order chi connectivity index (χ0) is 15.2. The Morgan fingerprint density at radius 2 is 1.95 bits per heavy atom. The van der Waals surface area contributed by atoms with E-state index in [2.05, 4.69) is 21.2 Å². The second-order valence-corrected chi connectivity index (χ2v) is 5.75. The minimum absolute atomic E-state index is 0.0761. The number of methoxy groups -OCH3 is 1. The monoisotopic (exact) mass is 347 g/mol. The molecule has 0 aromatic heterocycles. The summed E-state index contributed by atoms with van der Waals surface area (Å²) in [7, 11) is 1.67. The highest BCUT2D eigenvalue weighted by atomic mass is 79.9. The van der Waals surface area contributed by atoms with E-state index < -0.39 is 0 Å². The number of nitrogens with one attached hydrogen (secondary N) is 1. The third-order valence-corrected chi connectivity index (χ3v) is 4.04. The van der Waals surface area contributed by atoms with Gasteiger partial charge in [0.1, 0.15) is 0 Å². The molecule has 1 amide bonds. The number of ether oxygens (including phenoxy) is 1. The predicted octanol–water partition coefficient (Wildman–Crippen LogP) is 3.83. The summed E-state index contributed by atoms with van der Waals surface area (Å²) in [5.41, 5.74) is 3.92. The minimum Gasteiger partial charge on any atom is -0.380 e.